The van der Waals surface area contributed by atoms with Crippen LogP contribution < -0.4 is 10.1 Å². The van der Waals surface area contributed by atoms with Crippen molar-refractivity contribution < 1.29 is 14.3 Å². The Labute approximate surface area is 203 Å². The molecule has 0 spiro atoms. The molecule has 2 aliphatic rings. The number of thiophene rings is 1. The normalized spacial score (nSPS) is 17.4. The second-order valence-corrected chi connectivity index (χ2v) is 10.0. The second kappa shape index (κ2) is 9.31. The first-order valence-electron chi connectivity index (χ1n) is 11.5. The largest absolute Gasteiger partial charge is 0.495 e. The standard InChI is InChI=1S/C25H29N5O3S/c1-14(32-3)12-30(2)25(31)15-5-6-18-21(9-15)34-24-22(18)23(27-13-28-24)29-19-7-16-10-26-11-17(16)8-20(19)33-4/h7-8,10,13-15H,5-6,9,11-12H2,1-4H3,(H,27,28,29)/t14-,15+/m1/s1. The molecule has 2 aromatic heterocycles. The Morgan fingerprint density at radius 3 is 2.97 bits per heavy atom. The molecule has 1 amide bonds. The van der Waals surface area contributed by atoms with Gasteiger partial charge < -0.3 is 19.7 Å². The van der Waals surface area contributed by atoms with E-state index < -0.39 is 0 Å². The number of carbonyl (C=O) groups is 1. The number of aromatic nitrogens is 2. The summed E-state index contributed by atoms with van der Waals surface area (Å²) in [4.78, 5) is 30.5. The van der Waals surface area contributed by atoms with Crippen LogP contribution in [-0.4, -0.2) is 60.9 Å². The number of benzene rings is 1. The number of amides is 1. The maximum Gasteiger partial charge on any atom is 0.225 e. The molecule has 34 heavy (non-hydrogen) atoms. The lowest BCUT2D eigenvalue weighted by Gasteiger charge is -2.28. The number of aryl methyl sites for hydroxylation is 1. The SMILES string of the molecule is COc1cc2c(cc1Nc1ncnc3sc4c(c13)CC[C@H](C(=O)N(C)C[C@@H](C)OC)C4)C=NC2. The topological polar surface area (TPSA) is 88.9 Å². The molecule has 0 unspecified atom stereocenters. The number of anilines is 2. The third-order valence-electron chi connectivity index (χ3n) is 6.71. The van der Waals surface area contributed by atoms with Crippen molar-refractivity contribution in [1.82, 2.24) is 14.9 Å². The van der Waals surface area contributed by atoms with Crippen LogP contribution in [0.25, 0.3) is 10.2 Å². The fourth-order valence-electron chi connectivity index (χ4n) is 4.81. The average Bonchev–Trinajstić information content (AvgIpc) is 3.46. The first-order chi connectivity index (χ1) is 16.5. The highest BCUT2D eigenvalue weighted by Crippen LogP contribution is 2.42. The predicted octanol–water partition coefficient (Wildman–Crippen LogP) is 3.97. The van der Waals surface area contributed by atoms with Crippen molar-refractivity contribution in [2.45, 2.75) is 38.8 Å². The molecular weight excluding hydrogens is 450 g/mol. The molecule has 0 saturated carbocycles. The number of aliphatic imine (C=N–C) groups is 1. The lowest BCUT2D eigenvalue weighted by Crippen LogP contribution is -2.39. The summed E-state index contributed by atoms with van der Waals surface area (Å²) in [5.74, 6) is 1.70. The van der Waals surface area contributed by atoms with Gasteiger partial charge in [-0.1, -0.05) is 0 Å². The van der Waals surface area contributed by atoms with Gasteiger partial charge in [-0.2, -0.15) is 0 Å². The quantitative estimate of drug-likeness (QED) is 0.552. The van der Waals surface area contributed by atoms with E-state index in [4.69, 9.17) is 9.47 Å². The van der Waals surface area contributed by atoms with E-state index in [1.54, 1.807) is 36.8 Å². The van der Waals surface area contributed by atoms with Crippen LogP contribution in [0.15, 0.2) is 23.5 Å². The van der Waals surface area contributed by atoms with Gasteiger partial charge in [-0.05, 0) is 55.0 Å². The molecule has 5 rings (SSSR count). The minimum absolute atomic E-state index is 0.0174. The van der Waals surface area contributed by atoms with Gasteiger partial charge in [0.25, 0.3) is 0 Å². The minimum Gasteiger partial charge on any atom is -0.495 e. The summed E-state index contributed by atoms with van der Waals surface area (Å²) in [6.07, 6.45) is 5.88. The highest BCUT2D eigenvalue weighted by molar-refractivity contribution is 7.19. The molecule has 1 aliphatic carbocycles. The molecule has 0 bridgehead atoms. The molecule has 2 atom stereocenters. The first kappa shape index (κ1) is 22.7. The number of hydrogen-bond donors (Lipinski definition) is 1. The minimum atomic E-state index is -0.0184. The van der Waals surface area contributed by atoms with Gasteiger partial charge in [0.15, 0.2) is 0 Å². The highest BCUT2D eigenvalue weighted by atomic mass is 32.1. The van der Waals surface area contributed by atoms with Gasteiger partial charge in [-0.25, -0.2) is 9.97 Å². The van der Waals surface area contributed by atoms with Crippen LogP contribution in [0.1, 0.15) is 34.9 Å². The van der Waals surface area contributed by atoms with Crippen molar-refractivity contribution in [3.8, 4) is 5.75 Å². The van der Waals surface area contributed by atoms with Crippen LogP contribution in [0.4, 0.5) is 11.5 Å². The number of hydrogen-bond acceptors (Lipinski definition) is 8. The summed E-state index contributed by atoms with van der Waals surface area (Å²) in [7, 11) is 5.21. The number of nitrogens with one attached hydrogen (secondary N) is 1. The summed E-state index contributed by atoms with van der Waals surface area (Å²) < 4.78 is 11.0. The summed E-state index contributed by atoms with van der Waals surface area (Å²) >= 11 is 1.67. The van der Waals surface area contributed by atoms with Crippen molar-refractivity contribution >= 4 is 45.2 Å². The van der Waals surface area contributed by atoms with E-state index in [0.29, 0.717) is 13.1 Å². The van der Waals surface area contributed by atoms with Crippen LogP contribution in [-0.2, 0) is 28.9 Å². The van der Waals surface area contributed by atoms with Crippen LogP contribution in [0, 0.1) is 5.92 Å². The van der Waals surface area contributed by atoms with Crippen LogP contribution in [0.5, 0.6) is 5.75 Å². The maximum absolute atomic E-state index is 13.1. The molecule has 1 N–H and O–H groups in total. The number of methoxy groups -OCH3 is 2. The average molecular weight is 480 g/mol. The first-order valence-corrected chi connectivity index (χ1v) is 12.3. The van der Waals surface area contributed by atoms with Crippen molar-refractivity contribution in [3.63, 3.8) is 0 Å². The Kier molecular flexibility index (Phi) is 6.22. The maximum atomic E-state index is 13.1. The zero-order valence-corrected chi connectivity index (χ0v) is 20.7. The smallest absolute Gasteiger partial charge is 0.225 e. The van der Waals surface area contributed by atoms with E-state index in [2.05, 4.69) is 26.3 Å². The molecule has 0 fully saturated rings. The van der Waals surface area contributed by atoms with Crippen LogP contribution in [0.3, 0.4) is 0 Å². The molecule has 1 aliphatic heterocycles. The molecule has 0 radical (unpaired) electrons. The third kappa shape index (κ3) is 4.14. The van der Waals surface area contributed by atoms with Crippen molar-refractivity contribution in [2.75, 3.05) is 33.1 Å². The second-order valence-electron chi connectivity index (χ2n) is 8.96. The zero-order valence-electron chi connectivity index (χ0n) is 19.9. The third-order valence-corrected chi connectivity index (χ3v) is 7.87. The monoisotopic (exact) mass is 479 g/mol. The number of likely N-dealkylation sites (N-methyl/N-ethyl adjacent to an activating group) is 1. The summed E-state index contributed by atoms with van der Waals surface area (Å²) in [6, 6.07) is 4.09. The Bertz CT molecular complexity index is 1270. The van der Waals surface area contributed by atoms with Gasteiger partial charge in [-0.15, -0.1) is 11.3 Å². The molecule has 178 valence electrons. The molecular formula is C25H29N5O3S. The van der Waals surface area contributed by atoms with Gasteiger partial charge in [0.05, 0.1) is 30.8 Å². The van der Waals surface area contributed by atoms with Crippen molar-refractivity contribution in [2.24, 2.45) is 10.9 Å². The Morgan fingerprint density at radius 1 is 1.32 bits per heavy atom. The molecule has 3 heterocycles. The fraction of sp³-hybridized carbons (Fsp3) is 0.440. The summed E-state index contributed by atoms with van der Waals surface area (Å²) in [5, 5.41) is 4.54. The van der Waals surface area contributed by atoms with E-state index in [0.717, 1.165) is 57.9 Å². The number of fused-ring (bicyclic) bond motifs is 4. The van der Waals surface area contributed by atoms with E-state index in [1.165, 1.54) is 10.4 Å². The lowest BCUT2D eigenvalue weighted by molar-refractivity contribution is -0.135. The van der Waals surface area contributed by atoms with Gasteiger partial charge >= 0.3 is 0 Å². The van der Waals surface area contributed by atoms with Gasteiger partial charge in [0, 0.05) is 37.7 Å². The molecule has 0 saturated heterocycles. The zero-order chi connectivity index (χ0) is 23.8. The number of carbonyl (C=O) groups excluding carboxylic acids is 1. The molecule has 1 aromatic carbocycles. The fourth-order valence-corrected chi connectivity index (χ4v) is 6.08. The Hall–Kier alpha value is -3.04. The highest BCUT2D eigenvalue weighted by Gasteiger charge is 2.31. The Balaban J connectivity index is 1.43. The van der Waals surface area contributed by atoms with E-state index >= 15 is 0 Å². The molecule has 9 heteroatoms. The van der Waals surface area contributed by atoms with E-state index in [9.17, 15) is 4.79 Å². The van der Waals surface area contributed by atoms with E-state index in [-0.39, 0.29) is 17.9 Å². The van der Waals surface area contributed by atoms with Crippen LogP contribution >= 0.6 is 11.3 Å². The number of nitrogens with zero attached hydrogens (tertiary/aromatic N) is 4. The number of ether oxygens (including phenoxy) is 2. The van der Waals surface area contributed by atoms with E-state index in [1.807, 2.05) is 26.3 Å². The van der Waals surface area contributed by atoms with Crippen molar-refractivity contribution in [1.29, 1.82) is 0 Å². The molecule has 8 nitrogen and oxygen atoms in total. The molecule has 3 aromatic rings. The van der Waals surface area contributed by atoms with Crippen LogP contribution in [0.2, 0.25) is 0 Å². The number of rotatable bonds is 7. The Morgan fingerprint density at radius 2 is 2.18 bits per heavy atom. The van der Waals surface area contributed by atoms with Gasteiger partial charge in [0.2, 0.25) is 5.91 Å². The van der Waals surface area contributed by atoms with Crippen molar-refractivity contribution in [3.05, 3.63) is 40.0 Å². The van der Waals surface area contributed by atoms with Gasteiger partial charge in [-0.3, -0.25) is 9.79 Å². The summed E-state index contributed by atoms with van der Waals surface area (Å²) in [6.45, 7) is 3.25. The lowest BCUT2D eigenvalue weighted by atomic mass is 9.87. The summed E-state index contributed by atoms with van der Waals surface area (Å²) in [5.41, 5.74) is 4.35. The van der Waals surface area contributed by atoms with Gasteiger partial charge in [0.1, 0.15) is 22.7 Å². The predicted molar refractivity (Wildman–Crippen MR) is 135 cm³/mol.